The molecule has 17 heteroatoms. The number of sulfone groups is 1. The second-order valence-electron chi connectivity index (χ2n) is 12.1. The largest absolute Gasteiger partial charge is 0.497 e. The summed E-state index contributed by atoms with van der Waals surface area (Å²) >= 11 is 0. The molecule has 6 aromatic rings. The van der Waals surface area contributed by atoms with Gasteiger partial charge >= 0.3 is 6.18 Å². The highest BCUT2D eigenvalue weighted by Crippen LogP contribution is 2.38. The fraction of sp³-hybridized carbons (Fsp3) is 0.184. The third-order valence-corrected chi connectivity index (χ3v) is 12.4. The summed E-state index contributed by atoms with van der Waals surface area (Å²) in [4.78, 5) is -1.07. The Labute approximate surface area is 315 Å². The molecule has 0 saturated heterocycles. The lowest BCUT2D eigenvalue weighted by Crippen LogP contribution is -2.32. The Morgan fingerprint density at radius 2 is 1.18 bits per heavy atom. The predicted molar refractivity (Wildman–Crippen MR) is 195 cm³/mol. The number of nitrogens with zero attached hydrogens (tertiary/aromatic N) is 5. The van der Waals surface area contributed by atoms with E-state index < -0.39 is 46.3 Å². The predicted octanol–water partition coefficient (Wildman–Crippen LogP) is 6.66. The summed E-state index contributed by atoms with van der Waals surface area (Å²) in [5.41, 5.74) is 0.354. The van der Waals surface area contributed by atoms with E-state index >= 15 is 8.42 Å². The van der Waals surface area contributed by atoms with Crippen LogP contribution in [0.5, 0.6) is 17.2 Å². The molecule has 0 aliphatic rings. The molecule has 0 bridgehead atoms. The molecule has 5 aromatic carbocycles. The van der Waals surface area contributed by atoms with Crippen LogP contribution in [0.4, 0.5) is 13.2 Å². The lowest BCUT2D eigenvalue weighted by Gasteiger charge is -2.25. The number of hydrogen-bond acceptors (Lipinski definition) is 10. The molecule has 0 amide bonds. The van der Waals surface area contributed by atoms with E-state index in [0.29, 0.717) is 34.4 Å². The number of tetrazole rings is 1. The molecule has 0 saturated carbocycles. The average Bonchev–Trinajstić information content (AvgIpc) is 3.66. The van der Waals surface area contributed by atoms with Crippen molar-refractivity contribution in [2.24, 2.45) is 0 Å². The monoisotopic (exact) mass is 793 g/mol. The Morgan fingerprint density at radius 3 is 1.69 bits per heavy atom. The molecule has 286 valence electrons. The molecule has 55 heavy (non-hydrogen) atoms. The molecule has 0 fully saturated rings. The van der Waals surface area contributed by atoms with Crippen molar-refractivity contribution in [3.05, 3.63) is 138 Å². The molecule has 12 nitrogen and oxygen atoms in total. The summed E-state index contributed by atoms with van der Waals surface area (Å²) in [7, 11) is -5.33. The van der Waals surface area contributed by atoms with Crippen LogP contribution in [0.1, 0.15) is 22.3 Å². The average molecular weight is 794 g/mol. The van der Waals surface area contributed by atoms with Crippen molar-refractivity contribution in [1.82, 2.24) is 24.5 Å². The highest BCUT2D eigenvalue weighted by atomic mass is 32.2. The minimum absolute atomic E-state index is 0.113. The summed E-state index contributed by atoms with van der Waals surface area (Å²) in [6, 6.07) is 27.0. The Balaban J connectivity index is 1.53. The van der Waals surface area contributed by atoms with Gasteiger partial charge in [0.2, 0.25) is 25.7 Å². The van der Waals surface area contributed by atoms with Gasteiger partial charge in [-0.25, -0.2) is 16.8 Å². The standard InChI is InChI=1S/C38H34F3N5O7S2/c1-51-30-16-10-26(11-17-30)23-45(24-27-12-18-31(52-2)19-13-27)55(49,50)36-34(37-42-44-46(43-37)25-28-14-20-32(53-3)21-15-28)8-5-9-35(36)54(47,48)33-7-4-6-29(22-33)38(39,40)41/h4-22H,23-25H2,1-3H3. The fourth-order valence-corrected chi connectivity index (χ4v) is 9.38. The number of benzene rings is 5. The summed E-state index contributed by atoms with van der Waals surface area (Å²) in [5.74, 6) is 1.44. The van der Waals surface area contributed by atoms with E-state index in [0.717, 1.165) is 34.1 Å². The van der Waals surface area contributed by atoms with Crippen molar-refractivity contribution in [3.8, 4) is 28.6 Å². The molecular formula is C38H34F3N5O7S2. The molecule has 6 rings (SSSR count). The van der Waals surface area contributed by atoms with Crippen molar-refractivity contribution in [2.45, 2.75) is 40.5 Å². The first-order valence-electron chi connectivity index (χ1n) is 16.5. The maximum Gasteiger partial charge on any atom is 0.416 e. The molecule has 0 spiro atoms. The Morgan fingerprint density at radius 1 is 0.673 bits per heavy atom. The fourth-order valence-electron chi connectivity index (χ4n) is 5.67. The zero-order valence-corrected chi connectivity index (χ0v) is 31.3. The molecule has 0 aliphatic heterocycles. The van der Waals surface area contributed by atoms with E-state index in [-0.39, 0.29) is 31.0 Å². The van der Waals surface area contributed by atoms with Crippen LogP contribution in [0.25, 0.3) is 11.4 Å². The smallest absolute Gasteiger partial charge is 0.416 e. The number of alkyl halides is 3. The van der Waals surface area contributed by atoms with Crippen LogP contribution in [0.2, 0.25) is 0 Å². The van der Waals surface area contributed by atoms with E-state index in [1.807, 2.05) is 0 Å². The van der Waals surface area contributed by atoms with Gasteiger partial charge in [-0.15, -0.1) is 10.2 Å². The second-order valence-corrected chi connectivity index (χ2v) is 15.9. The lowest BCUT2D eigenvalue weighted by molar-refractivity contribution is -0.137. The number of aromatic nitrogens is 4. The van der Waals surface area contributed by atoms with Crippen molar-refractivity contribution < 1.29 is 44.2 Å². The molecule has 1 aromatic heterocycles. The van der Waals surface area contributed by atoms with Crippen LogP contribution in [0, 0.1) is 0 Å². The van der Waals surface area contributed by atoms with Gasteiger partial charge in [-0.1, -0.05) is 48.5 Å². The van der Waals surface area contributed by atoms with Crippen molar-refractivity contribution in [2.75, 3.05) is 21.3 Å². The van der Waals surface area contributed by atoms with Crippen LogP contribution >= 0.6 is 0 Å². The van der Waals surface area contributed by atoms with Gasteiger partial charge in [0.25, 0.3) is 0 Å². The van der Waals surface area contributed by atoms with Gasteiger partial charge in [-0.05, 0) is 88.6 Å². The molecular weight excluding hydrogens is 760 g/mol. The number of halogens is 3. The van der Waals surface area contributed by atoms with Crippen molar-refractivity contribution in [1.29, 1.82) is 0 Å². The molecule has 0 aliphatic carbocycles. The normalized spacial score (nSPS) is 12.1. The van der Waals surface area contributed by atoms with E-state index in [1.165, 1.54) is 38.3 Å². The quantitative estimate of drug-likeness (QED) is 0.118. The topological polar surface area (TPSA) is 143 Å². The SMILES string of the molecule is COc1ccc(CN(Cc2ccc(OC)cc2)S(=O)(=O)c2c(-c3nnn(Cc4ccc(OC)cc4)n3)cccc2S(=O)(=O)c2cccc(C(F)(F)F)c2)cc1. The first-order valence-corrected chi connectivity index (χ1v) is 19.4. The molecule has 0 radical (unpaired) electrons. The van der Waals surface area contributed by atoms with Gasteiger partial charge in [-0.2, -0.15) is 22.3 Å². The van der Waals surface area contributed by atoms with Gasteiger partial charge in [0.15, 0.2) is 0 Å². The number of hydrogen-bond donors (Lipinski definition) is 0. The van der Waals surface area contributed by atoms with Gasteiger partial charge in [0.05, 0.1) is 43.2 Å². The molecule has 0 unspecified atom stereocenters. The van der Waals surface area contributed by atoms with Crippen LogP contribution in [0.3, 0.4) is 0 Å². The summed E-state index contributed by atoms with van der Waals surface area (Å²) in [6.45, 7) is -0.372. The van der Waals surface area contributed by atoms with Crippen LogP contribution in [-0.4, -0.2) is 62.7 Å². The minimum Gasteiger partial charge on any atom is -0.497 e. The number of ether oxygens (including phenoxy) is 3. The van der Waals surface area contributed by atoms with E-state index in [2.05, 4.69) is 15.4 Å². The summed E-state index contributed by atoms with van der Waals surface area (Å²) in [5, 5.41) is 12.6. The first-order chi connectivity index (χ1) is 26.2. The van der Waals surface area contributed by atoms with Crippen LogP contribution in [0.15, 0.2) is 130 Å². The van der Waals surface area contributed by atoms with Crippen LogP contribution < -0.4 is 14.2 Å². The van der Waals surface area contributed by atoms with Gasteiger partial charge in [0.1, 0.15) is 22.1 Å². The Kier molecular flexibility index (Phi) is 11.3. The molecule has 0 N–H and O–H groups in total. The first kappa shape index (κ1) is 38.9. The van der Waals surface area contributed by atoms with E-state index in [9.17, 15) is 21.6 Å². The second kappa shape index (κ2) is 15.9. The number of methoxy groups -OCH3 is 3. The third-order valence-electron chi connectivity index (χ3n) is 8.55. The maximum atomic E-state index is 15.2. The number of rotatable bonds is 14. The molecule has 1 heterocycles. The van der Waals surface area contributed by atoms with Crippen molar-refractivity contribution in [3.63, 3.8) is 0 Å². The highest BCUT2D eigenvalue weighted by molar-refractivity contribution is 7.93. The highest BCUT2D eigenvalue weighted by Gasteiger charge is 2.38. The van der Waals surface area contributed by atoms with Crippen molar-refractivity contribution >= 4 is 19.9 Å². The Hall–Kier alpha value is -5.78. The van der Waals surface area contributed by atoms with Crippen LogP contribution in [-0.2, 0) is 45.7 Å². The lowest BCUT2D eigenvalue weighted by atomic mass is 10.2. The van der Waals surface area contributed by atoms with Gasteiger partial charge in [-0.3, -0.25) is 0 Å². The summed E-state index contributed by atoms with van der Waals surface area (Å²) < 4.78 is 117. The maximum absolute atomic E-state index is 15.2. The zero-order chi connectivity index (χ0) is 39.4. The zero-order valence-electron chi connectivity index (χ0n) is 29.6. The summed E-state index contributed by atoms with van der Waals surface area (Å²) in [6.07, 6.45) is -4.87. The van der Waals surface area contributed by atoms with E-state index in [1.54, 1.807) is 72.8 Å². The van der Waals surface area contributed by atoms with Gasteiger partial charge in [0, 0.05) is 18.7 Å². The third kappa shape index (κ3) is 8.64. The molecule has 0 atom stereocenters. The number of sulfonamides is 1. The van der Waals surface area contributed by atoms with E-state index in [4.69, 9.17) is 14.2 Å². The Bertz CT molecular complexity index is 2440. The minimum atomic E-state index is -4.95. The van der Waals surface area contributed by atoms with Gasteiger partial charge < -0.3 is 14.2 Å².